The van der Waals surface area contributed by atoms with E-state index >= 15 is 0 Å². The normalized spacial score (nSPS) is 11.5. The zero-order valence-corrected chi connectivity index (χ0v) is 9.65. The molecule has 4 nitrogen and oxygen atoms in total. The molecular weight excluding hydrogens is 257 g/mol. The summed E-state index contributed by atoms with van der Waals surface area (Å²) in [6.45, 7) is 0.378. The van der Waals surface area contributed by atoms with Crippen LogP contribution >= 0.6 is 11.6 Å². The predicted octanol–water partition coefficient (Wildman–Crippen LogP) is 2.86. The maximum Gasteiger partial charge on any atom is 0.389 e. The highest BCUT2D eigenvalue weighted by Gasteiger charge is 2.25. The SMILES string of the molecule is Nc1nc(Cl)cc(NCCCCC(F)(F)F)n1. The molecule has 0 radical (unpaired) electrons. The Morgan fingerprint density at radius 1 is 1.29 bits per heavy atom. The quantitative estimate of drug-likeness (QED) is 0.637. The molecule has 0 amide bonds. The first-order valence-corrected chi connectivity index (χ1v) is 5.35. The highest BCUT2D eigenvalue weighted by molar-refractivity contribution is 6.29. The number of nitrogens with two attached hydrogens (primary N) is 1. The van der Waals surface area contributed by atoms with E-state index in [4.69, 9.17) is 17.3 Å². The summed E-state index contributed by atoms with van der Waals surface area (Å²) in [7, 11) is 0. The van der Waals surface area contributed by atoms with Crippen molar-refractivity contribution in [2.75, 3.05) is 17.6 Å². The van der Waals surface area contributed by atoms with Crippen LogP contribution in [0.2, 0.25) is 5.15 Å². The lowest BCUT2D eigenvalue weighted by Gasteiger charge is -2.07. The van der Waals surface area contributed by atoms with Gasteiger partial charge in [0.05, 0.1) is 0 Å². The number of alkyl halides is 3. The lowest BCUT2D eigenvalue weighted by atomic mass is 10.2. The van der Waals surface area contributed by atoms with Crippen LogP contribution in [0.5, 0.6) is 0 Å². The molecule has 8 heteroatoms. The molecule has 0 aliphatic rings. The first kappa shape index (κ1) is 13.8. The molecule has 0 aromatic carbocycles. The smallest absolute Gasteiger partial charge is 0.370 e. The molecule has 1 rings (SSSR count). The van der Waals surface area contributed by atoms with Gasteiger partial charge in [0, 0.05) is 19.0 Å². The third kappa shape index (κ3) is 6.15. The Kier molecular flexibility index (Phi) is 4.80. The van der Waals surface area contributed by atoms with Gasteiger partial charge in [-0.05, 0) is 12.8 Å². The number of hydrogen-bond acceptors (Lipinski definition) is 4. The van der Waals surface area contributed by atoms with E-state index in [1.807, 2.05) is 0 Å². The Hall–Kier alpha value is -1.24. The van der Waals surface area contributed by atoms with Crippen LogP contribution in [0.15, 0.2) is 6.07 Å². The second-order valence-corrected chi connectivity index (χ2v) is 3.82. The minimum atomic E-state index is -4.09. The van der Waals surface area contributed by atoms with E-state index in [0.29, 0.717) is 18.8 Å². The van der Waals surface area contributed by atoms with E-state index in [9.17, 15) is 13.2 Å². The molecule has 0 atom stereocenters. The van der Waals surface area contributed by atoms with Gasteiger partial charge in [0.15, 0.2) is 0 Å². The fourth-order valence-corrected chi connectivity index (χ4v) is 1.38. The van der Waals surface area contributed by atoms with E-state index in [2.05, 4.69) is 15.3 Å². The molecule has 0 bridgehead atoms. The van der Waals surface area contributed by atoms with Gasteiger partial charge in [-0.25, -0.2) is 4.98 Å². The third-order valence-electron chi connectivity index (χ3n) is 1.91. The molecule has 0 aliphatic carbocycles. The number of nitrogen functional groups attached to an aromatic ring is 1. The number of halogens is 4. The van der Waals surface area contributed by atoms with Gasteiger partial charge < -0.3 is 11.1 Å². The van der Waals surface area contributed by atoms with Crippen LogP contribution in [-0.2, 0) is 0 Å². The molecular formula is C9H12ClF3N4. The van der Waals surface area contributed by atoms with Crippen molar-refractivity contribution < 1.29 is 13.2 Å². The molecule has 0 aliphatic heterocycles. The number of unbranched alkanes of at least 4 members (excludes halogenated alkanes) is 1. The van der Waals surface area contributed by atoms with Crippen molar-refractivity contribution in [1.82, 2.24) is 9.97 Å². The molecule has 0 saturated carbocycles. The van der Waals surface area contributed by atoms with E-state index in [1.165, 1.54) is 6.07 Å². The molecule has 0 saturated heterocycles. The molecule has 0 spiro atoms. The molecule has 1 aromatic rings. The molecule has 0 fully saturated rings. The lowest BCUT2D eigenvalue weighted by molar-refractivity contribution is -0.135. The Morgan fingerprint density at radius 3 is 2.59 bits per heavy atom. The fraction of sp³-hybridized carbons (Fsp3) is 0.556. The third-order valence-corrected chi connectivity index (χ3v) is 2.10. The van der Waals surface area contributed by atoms with Crippen LogP contribution in [-0.4, -0.2) is 22.7 Å². The van der Waals surface area contributed by atoms with Gasteiger partial charge in [-0.2, -0.15) is 18.2 Å². The molecule has 1 heterocycles. The Balaban J connectivity index is 2.27. The van der Waals surface area contributed by atoms with Gasteiger partial charge in [0.25, 0.3) is 0 Å². The number of rotatable bonds is 5. The molecule has 0 unspecified atom stereocenters. The number of anilines is 2. The number of aromatic nitrogens is 2. The van der Waals surface area contributed by atoms with Crippen molar-refractivity contribution in [2.24, 2.45) is 0 Å². The van der Waals surface area contributed by atoms with Gasteiger partial charge in [-0.3, -0.25) is 0 Å². The Labute approximate surface area is 101 Å². The first-order valence-electron chi connectivity index (χ1n) is 4.97. The number of hydrogen-bond donors (Lipinski definition) is 2. The minimum Gasteiger partial charge on any atom is -0.370 e. The van der Waals surface area contributed by atoms with E-state index in [1.54, 1.807) is 0 Å². The summed E-state index contributed by atoms with van der Waals surface area (Å²) in [4.78, 5) is 7.48. The molecule has 1 aromatic heterocycles. The molecule has 96 valence electrons. The zero-order chi connectivity index (χ0) is 12.9. The fourth-order valence-electron chi connectivity index (χ4n) is 1.19. The molecule has 3 N–H and O–H groups in total. The zero-order valence-electron chi connectivity index (χ0n) is 8.89. The van der Waals surface area contributed by atoms with Crippen molar-refractivity contribution in [3.8, 4) is 0 Å². The van der Waals surface area contributed by atoms with Crippen molar-refractivity contribution in [3.05, 3.63) is 11.2 Å². The van der Waals surface area contributed by atoms with Crippen LogP contribution in [0.1, 0.15) is 19.3 Å². The van der Waals surface area contributed by atoms with Crippen molar-refractivity contribution >= 4 is 23.4 Å². The average Bonchev–Trinajstić information content (AvgIpc) is 2.13. The summed E-state index contributed by atoms with van der Waals surface area (Å²) in [6, 6.07) is 1.46. The summed E-state index contributed by atoms with van der Waals surface area (Å²) in [6.07, 6.45) is -4.41. The second-order valence-electron chi connectivity index (χ2n) is 3.43. The summed E-state index contributed by atoms with van der Waals surface area (Å²) in [5.74, 6) is 0.435. The largest absolute Gasteiger partial charge is 0.389 e. The van der Waals surface area contributed by atoms with Gasteiger partial charge >= 0.3 is 6.18 Å². The van der Waals surface area contributed by atoms with Crippen molar-refractivity contribution in [3.63, 3.8) is 0 Å². The van der Waals surface area contributed by atoms with Crippen LogP contribution in [0, 0.1) is 0 Å². The topological polar surface area (TPSA) is 63.8 Å². The standard InChI is InChI=1S/C9H12ClF3N4/c10-6-5-7(17-8(14)16-6)15-4-2-1-3-9(11,12)13/h5H,1-4H2,(H3,14,15,16,17). The van der Waals surface area contributed by atoms with Gasteiger partial charge in [0.1, 0.15) is 11.0 Å². The van der Waals surface area contributed by atoms with Crippen molar-refractivity contribution in [1.29, 1.82) is 0 Å². The maximum absolute atomic E-state index is 11.8. The summed E-state index contributed by atoms with van der Waals surface area (Å²) < 4.78 is 35.5. The van der Waals surface area contributed by atoms with Crippen LogP contribution in [0.4, 0.5) is 24.9 Å². The Morgan fingerprint density at radius 2 is 2.00 bits per heavy atom. The minimum absolute atomic E-state index is 0.0234. The summed E-state index contributed by atoms with van der Waals surface area (Å²) >= 11 is 5.63. The Bertz CT molecular complexity index is 349. The van der Waals surface area contributed by atoms with Crippen LogP contribution < -0.4 is 11.1 Å². The number of nitrogens with one attached hydrogen (secondary N) is 1. The number of nitrogens with zero attached hydrogens (tertiary/aromatic N) is 2. The molecule has 17 heavy (non-hydrogen) atoms. The maximum atomic E-state index is 11.8. The highest BCUT2D eigenvalue weighted by Crippen LogP contribution is 2.22. The van der Waals surface area contributed by atoms with Crippen LogP contribution in [0.25, 0.3) is 0 Å². The van der Waals surface area contributed by atoms with Crippen LogP contribution in [0.3, 0.4) is 0 Å². The van der Waals surface area contributed by atoms with Gasteiger partial charge in [0.2, 0.25) is 5.95 Å². The highest BCUT2D eigenvalue weighted by atomic mass is 35.5. The average molecular weight is 269 g/mol. The van der Waals surface area contributed by atoms with Gasteiger partial charge in [-0.1, -0.05) is 11.6 Å². The summed E-state index contributed by atoms with van der Waals surface area (Å²) in [5, 5.41) is 3.02. The van der Waals surface area contributed by atoms with E-state index in [-0.39, 0.29) is 17.5 Å². The summed E-state index contributed by atoms with van der Waals surface area (Å²) in [5.41, 5.74) is 5.35. The monoisotopic (exact) mass is 268 g/mol. The predicted molar refractivity (Wildman–Crippen MR) is 59.9 cm³/mol. The lowest BCUT2D eigenvalue weighted by Crippen LogP contribution is -2.09. The first-order chi connectivity index (χ1) is 7.87. The van der Waals surface area contributed by atoms with Crippen molar-refractivity contribution in [2.45, 2.75) is 25.4 Å². The second kappa shape index (κ2) is 5.90. The van der Waals surface area contributed by atoms with E-state index < -0.39 is 12.6 Å². The van der Waals surface area contributed by atoms with E-state index in [0.717, 1.165) is 0 Å². The van der Waals surface area contributed by atoms with Gasteiger partial charge in [-0.15, -0.1) is 0 Å².